The lowest BCUT2D eigenvalue weighted by atomic mass is 10.1. The quantitative estimate of drug-likeness (QED) is 0.489. The van der Waals surface area contributed by atoms with Gasteiger partial charge in [-0.05, 0) is 24.1 Å². The van der Waals surface area contributed by atoms with Crippen LogP contribution in [0.15, 0.2) is 12.1 Å². The van der Waals surface area contributed by atoms with E-state index in [1.54, 1.807) is 0 Å². The van der Waals surface area contributed by atoms with Gasteiger partial charge in [0.15, 0.2) is 17.5 Å². The van der Waals surface area contributed by atoms with Crippen molar-refractivity contribution in [3.63, 3.8) is 0 Å². The highest BCUT2D eigenvalue weighted by Crippen LogP contribution is 2.14. The van der Waals surface area contributed by atoms with Crippen LogP contribution < -0.4 is 0 Å². The molecule has 0 atom stereocenters. The van der Waals surface area contributed by atoms with E-state index in [1.165, 1.54) is 0 Å². The van der Waals surface area contributed by atoms with Crippen LogP contribution in [0.4, 0.5) is 13.2 Å². The second-order valence-electron chi connectivity index (χ2n) is 2.62. The molecule has 0 aliphatic carbocycles. The van der Waals surface area contributed by atoms with Gasteiger partial charge in [-0.15, -0.1) is 0 Å². The Hall–Kier alpha value is -0.773. The number of hydrogen-bond acceptors (Lipinski definition) is 0. The van der Waals surface area contributed by atoms with Crippen LogP contribution in [0.1, 0.15) is 5.56 Å². The van der Waals surface area contributed by atoms with E-state index < -0.39 is 17.5 Å². The number of benzene rings is 1. The molecule has 0 saturated heterocycles. The summed E-state index contributed by atoms with van der Waals surface area (Å²) >= 11 is 0. The molecule has 0 radical (unpaired) electrons. The van der Waals surface area contributed by atoms with E-state index in [0.29, 0.717) is 12.0 Å². The summed E-state index contributed by atoms with van der Waals surface area (Å²) in [5.74, 6) is -3.58. The largest absolute Gasteiger partial charge is 0.204 e. The van der Waals surface area contributed by atoms with E-state index in [2.05, 4.69) is 0 Å². The zero-order chi connectivity index (χ0) is 9.14. The maximum absolute atomic E-state index is 12.6. The predicted molar refractivity (Wildman–Crippen MR) is 44.8 cm³/mol. The molecule has 0 aromatic heterocycles. The molecular weight excluding hydrogens is 181 g/mol. The molecule has 0 spiro atoms. The number of hydrogen-bond donors (Lipinski definition) is 0. The van der Waals surface area contributed by atoms with Crippen molar-refractivity contribution in [1.29, 1.82) is 0 Å². The van der Waals surface area contributed by atoms with E-state index in [9.17, 15) is 13.2 Å². The highest BCUT2D eigenvalue weighted by atomic mass is 28.1. The fraction of sp³-hybridized carbons (Fsp3) is 0.250. The van der Waals surface area contributed by atoms with Crippen LogP contribution in [0.3, 0.4) is 0 Å². The summed E-state index contributed by atoms with van der Waals surface area (Å²) < 4.78 is 37.5. The third kappa shape index (κ3) is 1.88. The molecule has 0 N–H and O–H groups in total. The molecule has 0 saturated carbocycles. The third-order valence-electron chi connectivity index (χ3n) is 1.58. The fourth-order valence-electron chi connectivity index (χ4n) is 1.04. The van der Waals surface area contributed by atoms with Crippen LogP contribution in [0.25, 0.3) is 0 Å². The zero-order valence-electron chi connectivity index (χ0n) is 6.70. The van der Waals surface area contributed by atoms with E-state index in [-0.39, 0.29) is 0 Å². The van der Waals surface area contributed by atoms with Gasteiger partial charge in [0.25, 0.3) is 0 Å². The Morgan fingerprint density at radius 2 is 1.58 bits per heavy atom. The highest BCUT2D eigenvalue weighted by Gasteiger charge is 2.09. The molecule has 0 unspecified atom stereocenters. The first-order valence-corrected chi connectivity index (χ1v) is 5.20. The molecule has 4 heteroatoms. The highest BCUT2D eigenvalue weighted by molar-refractivity contribution is 6.08. The minimum Gasteiger partial charge on any atom is -0.204 e. The average Bonchev–Trinajstić information content (AvgIpc) is 2.01. The maximum Gasteiger partial charge on any atom is 0.194 e. The standard InChI is InChI=1S/C8H9F3Si/c9-6-3-5(1-2-12)4-7(10)8(6)11/h3-4H,1-2H2,12H3. The molecule has 0 fully saturated rings. The lowest BCUT2D eigenvalue weighted by molar-refractivity contribution is 0.445. The van der Waals surface area contributed by atoms with Crippen molar-refractivity contribution >= 4 is 10.2 Å². The molecule has 0 heterocycles. The second kappa shape index (κ2) is 3.76. The van der Waals surface area contributed by atoms with Gasteiger partial charge in [0.1, 0.15) is 0 Å². The molecule has 12 heavy (non-hydrogen) atoms. The zero-order valence-corrected chi connectivity index (χ0v) is 8.70. The molecule has 1 aromatic rings. The molecule has 0 amide bonds. The summed E-state index contributed by atoms with van der Waals surface area (Å²) in [4.78, 5) is 0. The SMILES string of the molecule is Fc1cc(CC[SiH3])cc(F)c1F. The van der Waals surface area contributed by atoms with Gasteiger partial charge in [-0.25, -0.2) is 13.2 Å². The predicted octanol–water partition coefficient (Wildman–Crippen LogP) is 1.43. The topological polar surface area (TPSA) is 0 Å². The van der Waals surface area contributed by atoms with Crippen molar-refractivity contribution in [3.8, 4) is 0 Å². The Balaban J connectivity index is 3.04. The van der Waals surface area contributed by atoms with Crippen LogP contribution in [0.5, 0.6) is 0 Å². The number of halogens is 3. The van der Waals surface area contributed by atoms with Crippen molar-refractivity contribution in [2.45, 2.75) is 12.5 Å². The van der Waals surface area contributed by atoms with Crippen molar-refractivity contribution in [2.75, 3.05) is 0 Å². The molecule has 1 aromatic carbocycles. The van der Waals surface area contributed by atoms with E-state index in [4.69, 9.17) is 0 Å². The first-order valence-electron chi connectivity index (χ1n) is 3.78. The van der Waals surface area contributed by atoms with Crippen LogP contribution in [-0.4, -0.2) is 10.2 Å². The molecular formula is C8H9F3Si. The van der Waals surface area contributed by atoms with Gasteiger partial charge in [0.05, 0.1) is 0 Å². The molecule has 0 nitrogen and oxygen atoms in total. The van der Waals surface area contributed by atoms with Gasteiger partial charge in [-0.2, -0.15) is 0 Å². The number of rotatable bonds is 2. The Bertz CT molecular complexity index is 263. The van der Waals surface area contributed by atoms with Crippen LogP contribution >= 0.6 is 0 Å². The fourth-order valence-corrected chi connectivity index (χ4v) is 1.62. The van der Waals surface area contributed by atoms with E-state index >= 15 is 0 Å². The van der Waals surface area contributed by atoms with Gasteiger partial charge in [0, 0.05) is 10.2 Å². The molecule has 0 aliphatic heterocycles. The molecule has 1 rings (SSSR count). The maximum atomic E-state index is 12.6. The smallest absolute Gasteiger partial charge is 0.194 e. The summed E-state index contributed by atoms with van der Waals surface area (Å²) in [5.41, 5.74) is 0.529. The van der Waals surface area contributed by atoms with Gasteiger partial charge in [-0.3, -0.25) is 0 Å². The summed E-state index contributed by atoms with van der Waals surface area (Å²) in [5, 5.41) is 0. The summed E-state index contributed by atoms with van der Waals surface area (Å²) in [7, 11) is 0.979. The lowest BCUT2D eigenvalue weighted by Gasteiger charge is -2.00. The monoisotopic (exact) mass is 190 g/mol. The van der Waals surface area contributed by atoms with Gasteiger partial charge >= 0.3 is 0 Å². The van der Waals surface area contributed by atoms with Gasteiger partial charge in [-0.1, -0.05) is 6.04 Å². The minimum atomic E-state index is -1.38. The Labute approximate surface area is 71.8 Å². The van der Waals surface area contributed by atoms with Crippen molar-refractivity contribution in [2.24, 2.45) is 0 Å². The van der Waals surface area contributed by atoms with E-state index in [0.717, 1.165) is 28.4 Å². The van der Waals surface area contributed by atoms with Crippen molar-refractivity contribution < 1.29 is 13.2 Å². The Morgan fingerprint density at radius 3 is 2.00 bits per heavy atom. The second-order valence-corrected chi connectivity index (χ2v) is 3.62. The van der Waals surface area contributed by atoms with E-state index in [1.807, 2.05) is 0 Å². The Kier molecular flexibility index (Phi) is 2.92. The Morgan fingerprint density at radius 1 is 1.08 bits per heavy atom. The summed E-state index contributed by atoms with van der Waals surface area (Å²) in [6.07, 6.45) is 0.625. The lowest BCUT2D eigenvalue weighted by Crippen LogP contribution is -1.94. The third-order valence-corrected chi connectivity index (χ3v) is 2.08. The summed E-state index contributed by atoms with van der Waals surface area (Å²) in [6, 6.07) is 3.02. The van der Waals surface area contributed by atoms with Gasteiger partial charge in [0.2, 0.25) is 0 Å². The van der Waals surface area contributed by atoms with Crippen LogP contribution in [0.2, 0.25) is 6.04 Å². The minimum absolute atomic E-state index is 0.529. The molecule has 0 aliphatic rings. The van der Waals surface area contributed by atoms with Crippen molar-refractivity contribution in [1.82, 2.24) is 0 Å². The van der Waals surface area contributed by atoms with Gasteiger partial charge < -0.3 is 0 Å². The van der Waals surface area contributed by atoms with Crippen LogP contribution in [-0.2, 0) is 6.42 Å². The first kappa shape index (κ1) is 9.32. The average molecular weight is 190 g/mol. The van der Waals surface area contributed by atoms with Crippen LogP contribution in [0, 0.1) is 17.5 Å². The van der Waals surface area contributed by atoms with Crippen molar-refractivity contribution in [3.05, 3.63) is 35.1 Å². The molecule has 66 valence electrons. The molecule has 0 bridgehead atoms. The normalized spacial score (nSPS) is 10.6. The summed E-state index contributed by atoms with van der Waals surface area (Å²) in [6.45, 7) is 0. The first-order chi connectivity index (χ1) is 5.65. The number of aryl methyl sites for hydroxylation is 1.